The molecule has 2 fully saturated rings. The van der Waals surface area contributed by atoms with Crippen LogP contribution in [0.2, 0.25) is 0 Å². The van der Waals surface area contributed by atoms with Crippen molar-refractivity contribution in [1.82, 2.24) is 29.5 Å². The summed E-state index contributed by atoms with van der Waals surface area (Å²) < 4.78 is 7.14. The number of carbonyl (C=O) groups excluding carboxylic acids is 4. The summed E-state index contributed by atoms with van der Waals surface area (Å²) in [4.78, 5) is 58.8. The van der Waals surface area contributed by atoms with Crippen LogP contribution < -0.4 is 0 Å². The van der Waals surface area contributed by atoms with E-state index in [4.69, 9.17) is 4.42 Å². The van der Waals surface area contributed by atoms with Crippen LogP contribution in [0, 0.1) is 6.92 Å². The maximum atomic E-state index is 13.6. The van der Waals surface area contributed by atoms with Gasteiger partial charge in [-0.1, -0.05) is 0 Å². The van der Waals surface area contributed by atoms with Crippen LogP contribution >= 0.6 is 0 Å². The molecule has 5 rings (SSSR count). The largest absolute Gasteiger partial charge is 0.463 e. The van der Waals surface area contributed by atoms with Gasteiger partial charge in [0.15, 0.2) is 11.4 Å². The number of furan rings is 1. The summed E-state index contributed by atoms with van der Waals surface area (Å²) >= 11 is 0. The summed E-state index contributed by atoms with van der Waals surface area (Å²) in [7, 11) is 1.78. The van der Waals surface area contributed by atoms with Crippen molar-refractivity contribution in [3.63, 3.8) is 0 Å². The molecule has 176 valence electrons. The molecule has 3 aromatic rings. The Morgan fingerprint density at radius 3 is 2.38 bits per heavy atom. The quantitative estimate of drug-likeness (QED) is 0.527. The zero-order chi connectivity index (χ0) is 24.0. The number of aryl methyl sites for hydroxylation is 2. The van der Waals surface area contributed by atoms with Gasteiger partial charge in [0.05, 0.1) is 22.9 Å². The van der Waals surface area contributed by atoms with Gasteiger partial charge in [0.1, 0.15) is 12.2 Å². The average molecular weight is 464 g/mol. The number of imide groups is 1. The fourth-order valence-electron chi connectivity index (χ4n) is 4.53. The minimum absolute atomic E-state index is 0.155. The summed E-state index contributed by atoms with van der Waals surface area (Å²) in [6.45, 7) is 2.93. The minimum Gasteiger partial charge on any atom is -0.463 e. The number of pyridine rings is 1. The number of hydrogen-bond donors (Lipinski definition) is 0. The Labute approximate surface area is 194 Å². The molecular formula is C23H24N6O5. The Kier molecular flexibility index (Phi) is 5.39. The van der Waals surface area contributed by atoms with Gasteiger partial charge >= 0.3 is 0 Å². The minimum atomic E-state index is -0.312. The Balaban J connectivity index is 1.35. The van der Waals surface area contributed by atoms with Crippen LogP contribution in [0.5, 0.6) is 0 Å². The van der Waals surface area contributed by atoms with Gasteiger partial charge in [-0.3, -0.25) is 28.8 Å². The SMILES string of the molecule is Cc1nn(C)c2nc(-c3ccco3)cc(C(=O)N3CCN(C(=O)CN4C(=O)CCC4=O)CC3)c12. The highest BCUT2D eigenvalue weighted by atomic mass is 16.3. The van der Waals surface area contributed by atoms with Gasteiger partial charge in [-0.15, -0.1) is 0 Å². The number of nitrogens with zero attached hydrogens (tertiary/aromatic N) is 6. The highest BCUT2D eigenvalue weighted by Crippen LogP contribution is 2.28. The number of fused-ring (bicyclic) bond motifs is 1. The fraction of sp³-hybridized carbons (Fsp3) is 0.391. The first-order chi connectivity index (χ1) is 16.3. The van der Waals surface area contributed by atoms with E-state index < -0.39 is 0 Å². The molecular weight excluding hydrogens is 440 g/mol. The molecule has 11 nitrogen and oxygen atoms in total. The van der Waals surface area contributed by atoms with E-state index in [1.165, 1.54) is 0 Å². The van der Waals surface area contributed by atoms with Gasteiger partial charge in [-0.25, -0.2) is 4.98 Å². The van der Waals surface area contributed by atoms with E-state index in [-0.39, 0.29) is 43.0 Å². The molecule has 2 saturated heterocycles. The third-order valence-corrected chi connectivity index (χ3v) is 6.34. The molecule has 0 N–H and O–H groups in total. The van der Waals surface area contributed by atoms with Gasteiger partial charge in [0.2, 0.25) is 17.7 Å². The number of hydrogen-bond acceptors (Lipinski definition) is 7. The van der Waals surface area contributed by atoms with Crippen molar-refractivity contribution in [2.45, 2.75) is 19.8 Å². The lowest BCUT2D eigenvalue weighted by molar-refractivity contribution is -0.146. The van der Waals surface area contributed by atoms with Gasteiger partial charge in [-0.05, 0) is 25.1 Å². The summed E-state index contributed by atoms with van der Waals surface area (Å²) in [6.07, 6.45) is 1.86. The van der Waals surface area contributed by atoms with Crippen molar-refractivity contribution in [2.75, 3.05) is 32.7 Å². The van der Waals surface area contributed by atoms with Crippen LogP contribution in [0.1, 0.15) is 28.9 Å². The van der Waals surface area contributed by atoms with Crippen LogP contribution in [0.15, 0.2) is 28.9 Å². The van der Waals surface area contributed by atoms with E-state index in [1.54, 1.807) is 46.0 Å². The third kappa shape index (κ3) is 3.72. The standard InChI is InChI=1S/C23H24N6O5/c1-14-21-15(12-16(17-4-3-11-34-17)24-22(21)26(2)25-14)23(33)28-9-7-27(8-10-28)20(32)13-29-18(30)5-6-19(29)31/h3-4,11-12H,5-10,13H2,1-2H3. The fourth-order valence-corrected chi connectivity index (χ4v) is 4.53. The van der Waals surface area contributed by atoms with Crippen LogP contribution in [-0.2, 0) is 21.4 Å². The Bertz CT molecular complexity index is 1290. The molecule has 34 heavy (non-hydrogen) atoms. The zero-order valence-corrected chi connectivity index (χ0v) is 19.0. The molecule has 4 amide bonds. The first-order valence-electron chi connectivity index (χ1n) is 11.1. The maximum Gasteiger partial charge on any atom is 0.254 e. The number of likely N-dealkylation sites (tertiary alicyclic amines) is 1. The summed E-state index contributed by atoms with van der Waals surface area (Å²) in [5.74, 6) is -0.532. The monoisotopic (exact) mass is 464 g/mol. The molecule has 0 radical (unpaired) electrons. The van der Waals surface area contributed by atoms with Gasteiger partial charge in [0.25, 0.3) is 5.91 Å². The number of amides is 4. The molecule has 5 heterocycles. The van der Waals surface area contributed by atoms with Crippen molar-refractivity contribution in [3.05, 3.63) is 35.7 Å². The molecule has 0 atom stereocenters. The van der Waals surface area contributed by atoms with E-state index in [0.29, 0.717) is 59.9 Å². The number of rotatable bonds is 4. The Morgan fingerprint density at radius 2 is 1.74 bits per heavy atom. The summed E-state index contributed by atoms with van der Waals surface area (Å²) in [5.41, 5.74) is 2.31. The van der Waals surface area contributed by atoms with E-state index in [9.17, 15) is 19.2 Å². The molecule has 11 heteroatoms. The molecule has 0 bridgehead atoms. The van der Waals surface area contributed by atoms with Crippen molar-refractivity contribution in [1.29, 1.82) is 0 Å². The lowest BCUT2D eigenvalue weighted by Gasteiger charge is -2.35. The predicted octanol–water partition coefficient (Wildman–Crippen LogP) is 0.970. The summed E-state index contributed by atoms with van der Waals surface area (Å²) in [5, 5.41) is 5.12. The molecule has 2 aliphatic rings. The highest BCUT2D eigenvalue weighted by molar-refractivity contribution is 6.07. The van der Waals surface area contributed by atoms with Gasteiger partial charge in [0, 0.05) is 46.1 Å². The zero-order valence-electron chi connectivity index (χ0n) is 19.0. The molecule has 0 unspecified atom stereocenters. The first-order valence-corrected chi connectivity index (χ1v) is 11.1. The van der Waals surface area contributed by atoms with Crippen molar-refractivity contribution < 1.29 is 23.6 Å². The Hall–Kier alpha value is -4.02. The summed E-state index contributed by atoms with van der Waals surface area (Å²) in [6, 6.07) is 5.27. The number of piperazine rings is 1. The number of carbonyl (C=O) groups is 4. The molecule has 0 aromatic carbocycles. The van der Waals surface area contributed by atoms with Crippen molar-refractivity contribution in [3.8, 4) is 11.5 Å². The van der Waals surface area contributed by atoms with E-state index >= 15 is 0 Å². The van der Waals surface area contributed by atoms with Crippen molar-refractivity contribution >= 4 is 34.7 Å². The van der Waals surface area contributed by atoms with E-state index in [0.717, 1.165) is 4.90 Å². The lowest BCUT2D eigenvalue weighted by atomic mass is 10.1. The molecule has 0 saturated carbocycles. The lowest BCUT2D eigenvalue weighted by Crippen LogP contribution is -2.53. The number of aromatic nitrogens is 3. The Morgan fingerprint density at radius 1 is 1.06 bits per heavy atom. The van der Waals surface area contributed by atoms with Crippen molar-refractivity contribution in [2.24, 2.45) is 7.05 Å². The van der Waals surface area contributed by atoms with Gasteiger partial charge in [-0.2, -0.15) is 5.10 Å². The van der Waals surface area contributed by atoms with Crippen LogP contribution in [-0.4, -0.2) is 85.8 Å². The normalized spacial score (nSPS) is 16.7. The van der Waals surface area contributed by atoms with E-state index in [1.807, 2.05) is 6.92 Å². The van der Waals surface area contributed by atoms with E-state index in [2.05, 4.69) is 10.1 Å². The predicted molar refractivity (Wildman–Crippen MR) is 119 cm³/mol. The first kappa shape index (κ1) is 21.8. The second-order valence-electron chi connectivity index (χ2n) is 8.49. The molecule has 0 aliphatic carbocycles. The van der Waals surface area contributed by atoms with Crippen LogP contribution in [0.3, 0.4) is 0 Å². The topological polar surface area (TPSA) is 122 Å². The maximum absolute atomic E-state index is 13.6. The molecule has 0 spiro atoms. The highest BCUT2D eigenvalue weighted by Gasteiger charge is 2.33. The van der Waals surface area contributed by atoms with Gasteiger partial charge < -0.3 is 14.2 Å². The van der Waals surface area contributed by atoms with Crippen LogP contribution in [0.25, 0.3) is 22.5 Å². The molecule has 3 aromatic heterocycles. The molecule has 2 aliphatic heterocycles. The third-order valence-electron chi connectivity index (χ3n) is 6.34. The second-order valence-corrected chi connectivity index (χ2v) is 8.49. The smallest absolute Gasteiger partial charge is 0.254 e. The van der Waals surface area contributed by atoms with Crippen LogP contribution in [0.4, 0.5) is 0 Å². The average Bonchev–Trinajstić information content (AvgIpc) is 3.55. The second kappa shape index (κ2) is 8.40.